The van der Waals surface area contributed by atoms with Gasteiger partial charge in [0.2, 0.25) is 5.91 Å². The van der Waals surface area contributed by atoms with Gasteiger partial charge in [-0.3, -0.25) is 9.59 Å². The van der Waals surface area contributed by atoms with Crippen molar-refractivity contribution in [3.63, 3.8) is 0 Å². The van der Waals surface area contributed by atoms with Gasteiger partial charge >= 0.3 is 0 Å². The normalized spacial score (nSPS) is 14.1. The first kappa shape index (κ1) is 27.8. The molecule has 10 heteroatoms. The Morgan fingerprint density at radius 1 is 0.949 bits per heavy atom. The van der Waals surface area contributed by atoms with Gasteiger partial charge in [-0.05, 0) is 67.9 Å². The molecule has 4 rings (SSSR count). The summed E-state index contributed by atoms with van der Waals surface area (Å²) < 4.78 is 24.0. The van der Waals surface area contributed by atoms with E-state index in [4.69, 9.17) is 9.47 Å². The Morgan fingerprint density at radius 2 is 1.64 bits per heavy atom. The Bertz CT molecular complexity index is 1280. The van der Waals surface area contributed by atoms with Crippen molar-refractivity contribution in [3.8, 4) is 22.8 Å². The number of piperazine rings is 1. The molecule has 0 spiro atoms. The molecule has 1 aliphatic heterocycles. The minimum absolute atomic E-state index is 0.0228. The summed E-state index contributed by atoms with van der Waals surface area (Å²) >= 11 is 0. The fraction of sp³-hybridized carbons (Fsp3) is 0.379. The van der Waals surface area contributed by atoms with Crippen LogP contribution in [0.25, 0.3) is 11.3 Å². The van der Waals surface area contributed by atoms with Crippen LogP contribution < -0.4 is 14.4 Å². The maximum atomic E-state index is 13.3. The molecular formula is C29H34FN5O4. The maximum Gasteiger partial charge on any atom is 0.254 e. The zero-order chi connectivity index (χ0) is 27.9. The molecule has 2 amide bonds. The third-order valence-electron chi connectivity index (χ3n) is 7.07. The molecule has 1 fully saturated rings. The van der Waals surface area contributed by atoms with Gasteiger partial charge in [0.1, 0.15) is 12.4 Å². The minimum Gasteiger partial charge on any atom is -0.493 e. The molecule has 1 aliphatic rings. The molecule has 0 unspecified atom stereocenters. The molecule has 2 aromatic carbocycles. The van der Waals surface area contributed by atoms with Gasteiger partial charge in [0.25, 0.3) is 5.91 Å². The monoisotopic (exact) mass is 535 g/mol. The van der Waals surface area contributed by atoms with Gasteiger partial charge in [0.15, 0.2) is 17.3 Å². The Balaban J connectivity index is 1.36. The highest BCUT2D eigenvalue weighted by Crippen LogP contribution is 2.31. The van der Waals surface area contributed by atoms with Crippen molar-refractivity contribution in [2.24, 2.45) is 0 Å². The summed E-state index contributed by atoms with van der Waals surface area (Å²) in [5.74, 6) is 1.20. The number of hydrogen-bond donors (Lipinski definition) is 0. The van der Waals surface area contributed by atoms with Crippen molar-refractivity contribution in [2.45, 2.75) is 26.3 Å². The molecular weight excluding hydrogens is 501 g/mol. The van der Waals surface area contributed by atoms with E-state index in [0.29, 0.717) is 55.4 Å². The van der Waals surface area contributed by atoms with Crippen LogP contribution >= 0.6 is 0 Å². The van der Waals surface area contributed by atoms with E-state index in [-0.39, 0.29) is 24.4 Å². The number of benzene rings is 2. The molecule has 0 bridgehead atoms. The summed E-state index contributed by atoms with van der Waals surface area (Å²) in [7, 11) is 3.18. The second kappa shape index (κ2) is 12.6. The van der Waals surface area contributed by atoms with Crippen LogP contribution in [0.2, 0.25) is 0 Å². The highest BCUT2D eigenvalue weighted by Gasteiger charge is 2.28. The number of ether oxygens (including phenoxy) is 2. The quantitative estimate of drug-likeness (QED) is 0.411. The van der Waals surface area contributed by atoms with Crippen LogP contribution in [-0.4, -0.2) is 84.8 Å². The van der Waals surface area contributed by atoms with Crippen molar-refractivity contribution >= 4 is 17.6 Å². The number of rotatable bonds is 9. The van der Waals surface area contributed by atoms with Crippen LogP contribution in [0.3, 0.4) is 0 Å². The van der Waals surface area contributed by atoms with E-state index in [0.717, 1.165) is 11.4 Å². The van der Waals surface area contributed by atoms with E-state index < -0.39 is 5.82 Å². The van der Waals surface area contributed by atoms with Gasteiger partial charge in [-0.2, -0.15) is 0 Å². The lowest BCUT2D eigenvalue weighted by molar-refractivity contribution is -0.132. The number of aromatic nitrogens is 2. The average Bonchev–Trinajstić information content (AvgIpc) is 2.99. The number of anilines is 1. The molecule has 1 aromatic heterocycles. The number of carbonyl (C=O) groups is 2. The van der Waals surface area contributed by atoms with Gasteiger partial charge in [0, 0.05) is 43.3 Å². The first-order valence-electron chi connectivity index (χ1n) is 13.0. The number of methoxy groups -OCH3 is 2. The number of nitrogens with zero attached hydrogens (tertiary/aromatic N) is 5. The Hall–Kier alpha value is -4.21. The van der Waals surface area contributed by atoms with Gasteiger partial charge in [-0.15, -0.1) is 10.2 Å². The molecule has 0 radical (unpaired) electrons. The number of amides is 2. The van der Waals surface area contributed by atoms with Crippen LogP contribution in [0.4, 0.5) is 10.2 Å². The molecule has 2 heterocycles. The average molecular weight is 536 g/mol. The number of hydrogen-bond acceptors (Lipinski definition) is 7. The predicted octanol–water partition coefficient (Wildman–Crippen LogP) is 3.89. The van der Waals surface area contributed by atoms with Gasteiger partial charge in [-0.25, -0.2) is 4.39 Å². The highest BCUT2D eigenvalue weighted by molar-refractivity contribution is 5.96. The molecule has 39 heavy (non-hydrogen) atoms. The Morgan fingerprint density at radius 3 is 2.23 bits per heavy atom. The van der Waals surface area contributed by atoms with Crippen molar-refractivity contribution in [1.82, 2.24) is 20.0 Å². The highest BCUT2D eigenvalue weighted by atomic mass is 19.1. The fourth-order valence-electron chi connectivity index (χ4n) is 4.48. The maximum absolute atomic E-state index is 13.3. The van der Waals surface area contributed by atoms with Crippen LogP contribution in [0, 0.1) is 5.82 Å². The summed E-state index contributed by atoms with van der Waals surface area (Å²) in [6.45, 7) is 6.09. The molecule has 0 saturated carbocycles. The molecule has 9 nitrogen and oxygen atoms in total. The lowest BCUT2D eigenvalue weighted by atomic mass is 10.1. The van der Waals surface area contributed by atoms with Crippen LogP contribution in [-0.2, 0) is 4.79 Å². The lowest BCUT2D eigenvalue weighted by Gasteiger charge is -2.37. The lowest BCUT2D eigenvalue weighted by Crippen LogP contribution is -2.53. The predicted molar refractivity (Wildman–Crippen MR) is 147 cm³/mol. The van der Waals surface area contributed by atoms with Crippen LogP contribution in [0.1, 0.15) is 30.6 Å². The SMILES string of the molecule is CC[C@@H](C)N(CC(=O)N1CCN(c2ccc(-c3ccc(OC)c(OC)c3)nn2)CC1)C(=O)c1ccc(F)cc1. The van der Waals surface area contributed by atoms with E-state index in [1.165, 1.54) is 24.3 Å². The minimum atomic E-state index is -0.407. The van der Waals surface area contributed by atoms with E-state index in [9.17, 15) is 14.0 Å². The van der Waals surface area contributed by atoms with Gasteiger partial charge in [0.05, 0.1) is 19.9 Å². The second-order valence-electron chi connectivity index (χ2n) is 9.41. The molecule has 1 saturated heterocycles. The van der Waals surface area contributed by atoms with Crippen molar-refractivity contribution in [3.05, 3.63) is 66.0 Å². The van der Waals surface area contributed by atoms with E-state index in [2.05, 4.69) is 15.1 Å². The largest absolute Gasteiger partial charge is 0.493 e. The summed E-state index contributed by atoms with van der Waals surface area (Å²) in [5, 5.41) is 8.81. The molecule has 206 valence electrons. The van der Waals surface area contributed by atoms with Crippen molar-refractivity contribution < 1.29 is 23.5 Å². The second-order valence-corrected chi connectivity index (χ2v) is 9.41. The first-order chi connectivity index (χ1) is 18.8. The third-order valence-corrected chi connectivity index (χ3v) is 7.07. The third kappa shape index (κ3) is 6.45. The Labute approximate surface area is 228 Å². The van der Waals surface area contributed by atoms with E-state index in [1.54, 1.807) is 24.0 Å². The number of carbonyl (C=O) groups excluding carboxylic acids is 2. The topological polar surface area (TPSA) is 88.1 Å². The van der Waals surface area contributed by atoms with Gasteiger partial charge < -0.3 is 24.2 Å². The standard InChI is InChI=1S/C29H34FN5O4/c1-5-20(2)35(29(37)21-6-9-23(30)10-7-21)19-28(36)34-16-14-33(15-17-34)27-13-11-24(31-32-27)22-8-12-25(38-3)26(18-22)39-4/h6-13,18,20H,5,14-17,19H2,1-4H3/t20-/m1/s1. The number of halogens is 1. The van der Waals surface area contributed by atoms with Crippen LogP contribution in [0.15, 0.2) is 54.6 Å². The van der Waals surface area contributed by atoms with Crippen LogP contribution in [0.5, 0.6) is 11.5 Å². The zero-order valence-electron chi connectivity index (χ0n) is 22.8. The summed E-state index contributed by atoms with van der Waals surface area (Å²) in [6.07, 6.45) is 0.700. The van der Waals surface area contributed by atoms with E-state index >= 15 is 0 Å². The van der Waals surface area contributed by atoms with Crippen molar-refractivity contribution in [2.75, 3.05) is 51.8 Å². The first-order valence-corrected chi connectivity index (χ1v) is 13.0. The zero-order valence-corrected chi connectivity index (χ0v) is 22.8. The molecule has 3 aromatic rings. The van der Waals surface area contributed by atoms with E-state index in [1.807, 2.05) is 44.2 Å². The summed E-state index contributed by atoms with van der Waals surface area (Å²) in [6, 6.07) is 14.7. The fourth-order valence-corrected chi connectivity index (χ4v) is 4.48. The van der Waals surface area contributed by atoms with Gasteiger partial charge in [-0.1, -0.05) is 6.92 Å². The summed E-state index contributed by atoms with van der Waals surface area (Å²) in [4.78, 5) is 31.7. The smallest absolute Gasteiger partial charge is 0.254 e. The van der Waals surface area contributed by atoms with Crippen molar-refractivity contribution in [1.29, 1.82) is 0 Å². The molecule has 0 N–H and O–H groups in total. The molecule has 0 aliphatic carbocycles. The Kier molecular flexibility index (Phi) is 8.96. The molecule has 1 atom stereocenters. The summed E-state index contributed by atoms with van der Waals surface area (Å²) in [5.41, 5.74) is 1.94.